The third-order valence-corrected chi connectivity index (χ3v) is 2.72. The number of hydrogen-bond acceptors (Lipinski definition) is 6. The lowest BCUT2D eigenvalue weighted by molar-refractivity contribution is 0.128. The molecular weight excluding hydrogens is 244 g/mol. The fourth-order valence-electron chi connectivity index (χ4n) is 1.54. The molecule has 0 fully saturated rings. The van der Waals surface area contributed by atoms with E-state index in [1.54, 1.807) is 0 Å². The molecule has 0 aromatic carbocycles. The summed E-state index contributed by atoms with van der Waals surface area (Å²) in [6.45, 7) is 5.63. The number of hydrogen-bond donors (Lipinski definition) is 3. The van der Waals surface area contributed by atoms with Gasteiger partial charge in [-0.3, -0.25) is 0 Å². The molecule has 1 unspecified atom stereocenters. The Hall–Kier alpha value is -1.40. The van der Waals surface area contributed by atoms with Crippen LogP contribution in [0, 0.1) is 0 Å². The van der Waals surface area contributed by atoms with Crippen molar-refractivity contribution < 1.29 is 9.84 Å². The average Bonchev–Trinajstić information content (AvgIpc) is 2.44. The summed E-state index contributed by atoms with van der Waals surface area (Å²) in [5.74, 6) is 2.15. The molecule has 6 heteroatoms. The third-order valence-electron chi connectivity index (χ3n) is 2.72. The van der Waals surface area contributed by atoms with Gasteiger partial charge in [0.15, 0.2) is 5.82 Å². The largest absolute Gasteiger partial charge is 0.393 e. The lowest BCUT2D eigenvalue weighted by Gasteiger charge is -2.11. The van der Waals surface area contributed by atoms with Crippen LogP contribution in [0.4, 0.5) is 11.6 Å². The van der Waals surface area contributed by atoms with Crippen LogP contribution in [-0.4, -0.2) is 41.4 Å². The van der Waals surface area contributed by atoms with Crippen molar-refractivity contribution in [1.29, 1.82) is 0 Å². The van der Waals surface area contributed by atoms with Crippen molar-refractivity contribution in [3.8, 4) is 0 Å². The fourth-order valence-corrected chi connectivity index (χ4v) is 1.54. The Morgan fingerprint density at radius 3 is 2.68 bits per heavy atom. The van der Waals surface area contributed by atoms with E-state index >= 15 is 0 Å². The highest BCUT2D eigenvalue weighted by Crippen LogP contribution is 2.12. The van der Waals surface area contributed by atoms with Gasteiger partial charge in [-0.2, -0.15) is 0 Å². The molecule has 1 rings (SSSR count). The molecule has 0 aliphatic heterocycles. The Labute approximate surface area is 114 Å². The minimum absolute atomic E-state index is 0.263. The molecule has 0 aliphatic rings. The molecule has 0 amide bonds. The van der Waals surface area contributed by atoms with Gasteiger partial charge in [-0.1, -0.05) is 6.92 Å². The molecule has 6 nitrogen and oxygen atoms in total. The second-order valence-electron chi connectivity index (χ2n) is 4.22. The Bertz CT molecular complexity index is 374. The van der Waals surface area contributed by atoms with Crippen molar-refractivity contribution in [1.82, 2.24) is 9.97 Å². The average molecular weight is 268 g/mol. The first-order valence-corrected chi connectivity index (χ1v) is 6.75. The molecular formula is C13H24N4O2. The van der Waals surface area contributed by atoms with E-state index in [0.29, 0.717) is 32.0 Å². The van der Waals surface area contributed by atoms with Crippen molar-refractivity contribution in [3.63, 3.8) is 0 Å². The molecule has 3 N–H and O–H groups in total. The van der Waals surface area contributed by atoms with Gasteiger partial charge in [0.05, 0.1) is 6.10 Å². The lowest BCUT2D eigenvalue weighted by atomic mass is 10.2. The van der Waals surface area contributed by atoms with Crippen LogP contribution in [0.25, 0.3) is 0 Å². The van der Waals surface area contributed by atoms with Gasteiger partial charge in [0.1, 0.15) is 18.2 Å². The quantitative estimate of drug-likeness (QED) is 0.631. The summed E-state index contributed by atoms with van der Waals surface area (Å²) in [6.07, 6.45) is 1.21. The van der Waals surface area contributed by atoms with Crippen molar-refractivity contribution in [2.75, 3.05) is 30.8 Å². The Morgan fingerprint density at radius 2 is 2.05 bits per heavy atom. The second-order valence-corrected chi connectivity index (χ2v) is 4.22. The molecule has 19 heavy (non-hydrogen) atoms. The summed E-state index contributed by atoms with van der Waals surface area (Å²) < 4.78 is 5.31. The molecule has 0 aliphatic carbocycles. The summed E-state index contributed by atoms with van der Waals surface area (Å²) in [5, 5.41) is 15.7. The van der Waals surface area contributed by atoms with Gasteiger partial charge in [0, 0.05) is 26.3 Å². The highest BCUT2D eigenvalue weighted by atomic mass is 16.5. The molecule has 0 spiro atoms. The van der Waals surface area contributed by atoms with Crippen LogP contribution in [0.5, 0.6) is 0 Å². The Balaban J connectivity index is 2.60. The van der Waals surface area contributed by atoms with Crippen molar-refractivity contribution in [2.24, 2.45) is 0 Å². The maximum atomic E-state index is 9.50. The zero-order valence-corrected chi connectivity index (χ0v) is 11.9. The zero-order chi connectivity index (χ0) is 14.1. The number of nitrogens with zero attached hydrogens (tertiary/aromatic N) is 2. The Morgan fingerprint density at radius 1 is 1.32 bits per heavy atom. The third kappa shape index (κ3) is 5.85. The van der Waals surface area contributed by atoms with Gasteiger partial charge >= 0.3 is 0 Å². The molecule has 0 bridgehead atoms. The first kappa shape index (κ1) is 15.7. The minimum atomic E-state index is -0.263. The van der Waals surface area contributed by atoms with Crippen LogP contribution in [0.3, 0.4) is 0 Å². The summed E-state index contributed by atoms with van der Waals surface area (Å²) in [4.78, 5) is 8.68. The maximum absolute atomic E-state index is 9.50. The first-order valence-electron chi connectivity index (χ1n) is 6.75. The van der Waals surface area contributed by atoms with Gasteiger partial charge in [-0.15, -0.1) is 0 Å². The molecule has 1 atom stereocenters. The van der Waals surface area contributed by atoms with E-state index in [9.17, 15) is 5.11 Å². The maximum Gasteiger partial charge on any atom is 0.158 e. The topological polar surface area (TPSA) is 79.3 Å². The predicted octanol–water partition coefficient (Wildman–Crippen LogP) is 1.63. The van der Waals surface area contributed by atoms with E-state index in [-0.39, 0.29) is 6.10 Å². The molecule has 1 aromatic rings. The monoisotopic (exact) mass is 268 g/mol. The van der Waals surface area contributed by atoms with E-state index in [2.05, 4.69) is 20.6 Å². The molecule has 108 valence electrons. The summed E-state index contributed by atoms with van der Waals surface area (Å²) in [7, 11) is 1.82. The minimum Gasteiger partial charge on any atom is -0.393 e. The highest BCUT2D eigenvalue weighted by molar-refractivity contribution is 5.47. The van der Waals surface area contributed by atoms with Gasteiger partial charge < -0.3 is 20.5 Å². The number of rotatable bonds is 9. The molecule has 1 aromatic heterocycles. The van der Waals surface area contributed by atoms with E-state index in [1.807, 2.05) is 27.0 Å². The van der Waals surface area contributed by atoms with Crippen molar-refractivity contribution in [3.05, 3.63) is 11.9 Å². The van der Waals surface area contributed by atoms with Crippen molar-refractivity contribution in [2.45, 2.75) is 39.4 Å². The van der Waals surface area contributed by atoms with Crippen LogP contribution in [0.2, 0.25) is 0 Å². The number of ether oxygens (including phenoxy) is 1. The van der Waals surface area contributed by atoms with E-state index in [1.165, 1.54) is 0 Å². The standard InChI is InChI=1S/C13H24N4O2/c1-4-10(18)6-7-15-12-8-11(14-3)16-13(17-12)9-19-5-2/h8,10,18H,4-7,9H2,1-3H3,(H2,14,15,16,17). The summed E-state index contributed by atoms with van der Waals surface area (Å²) in [5.41, 5.74) is 0. The fraction of sp³-hybridized carbons (Fsp3) is 0.692. The van der Waals surface area contributed by atoms with Gasteiger partial charge in [0.2, 0.25) is 0 Å². The molecule has 0 radical (unpaired) electrons. The van der Waals surface area contributed by atoms with Crippen LogP contribution in [0.1, 0.15) is 32.5 Å². The molecule has 0 saturated carbocycles. The zero-order valence-electron chi connectivity index (χ0n) is 11.9. The second kappa shape index (κ2) is 8.66. The van der Waals surface area contributed by atoms with Gasteiger partial charge in [-0.05, 0) is 19.8 Å². The highest BCUT2D eigenvalue weighted by Gasteiger charge is 2.05. The van der Waals surface area contributed by atoms with Crippen molar-refractivity contribution >= 4 is 11.6 Å². The van der Waals surface area contributed by atoms with E-state index in [0.717, 1.165) is 18.1 Å². The normalized spacial score (nSPS) is 12.2. The van der Waals surface area contributed by atoms with Crippen LogP contribution >= 0.6 is 0 Å². The summed E-state index contributed by atoms with van der Waals surface area (Å²) >= 11 is 0. The summed E-state index contributed by atoms with van der Waals surface area (Å²) in [6, 6.07) is 1.84. The van der Waals surface area contributed by atoms with Crippen LogP contribution in [0.15, 0.2) is 6.07 Å². The van der Waals surface area contributed by atoms with Crippen LogP contribution < -0.4 is 10.6 Å². The molecule has 1 heterocycles. The number of aliphatic hydroxyl groups excluding tert-OH is 1. The van der Waals surface area contributed by atoms with Gasteiger partial charge in [0.25, 0.3) is 0 Å². The smallest absolute Gasteiger partial charge is 0.158 e. The van der Waals surface area contributed by atoms with Gasteiger partial charge in [-0.25, -0.2) is 9.97 Å². The van der Waals surface area contributed by atoms with E-state index in [4.69, 9.17) is 4.74 Å². The SMILES string of the molecule is CCOCc1nc(NC)cc(NCCC(O)CC)n1. The number of aliphatic hydroxyl groups is 1. The number of aromatic nitrogens is 2. The molecule has 0 saturated heterocycles. The number of nitrogens with one attached hydrogen (secondary N) is 2. The van der Waals surface area contributed by atoms with E-state index < -0.39 is 0 Å². The lowest BCUT2D eigenvalue weighted by Crippen LogP contribution is -2.14. The predicted molar refractivity (Wildman–Crippen MR) is 76.3 cm³/mol. The number of anilines is 2. The Kier molecular flexibility index (Phi) is 7.14. The first-order chi connectivity index (χ1) is 9.19. The van der Waals surface area contributed by atoms with Crippen LogP contribution in [-0.2, 0) is 11.3 Å².